The first-order valence-corrected chi connectivity index (χ1v) is 11.1. The Bertz CT molecular complexity index is 896. The highest BCUT2D eigenvalue weighted by Gasteiger charge is 2.35. The van der Waals surface area contributed by atoms with Gasteiger partial charge < -0.3 is 20.5 Å². The minimum atomic E-state index is -0.959. The molecule has 2 aromatic carbocycles. The van der Waals surface area contributed by atoms with Crippen LogP contribution in [0, 0.1) is 11.6 Å². The molecule has 0 bridgehead atoms. The molecule has 0 aromatic heterocycles. The van der Waals surface area contributed by atoms with Gasteiger partial charge in [-0.15, -0.1) is 0 Å². The topological polar surface area (TPSA) is 70.6 Å². The fourth-order valence-electron chi connectivity index (χ4n) is 4.35. The molecule has 0 spiro atoms. The Hall–Kier alpha value is -2.35. The molecule has 0 aliphatic carbocycles. The summed E-state index contributed by atoms with van der Waals surface area (Å²) < 4.78 is 32.8. The molecule has 1 saturated heterocycles. The molecule has 32 heavy (non-hydrogen) atoms. The van der Waals surface area contributed by atoms with Crippen LogP contribution in [0.2, 0.25) is 0 Å². The number of aryl methyl sites for hydroxylation is 1. The fourth-order valence-corrected chi connectivity index (χ4v) is 4.35. The van der Waals surface area contributed by atoms with Crippen molar-refractivity contribution in [3.05, 3.63) is 70.8 Å². The van der Waals surface area contributed by atoms with E-state index >= 15 is 0 Å². The molecule has 1 fully saturated rings. The number of nitrogens with one attached hydrogen (secondary N) is 2. The molecule has 3 N–H and O–H groups in total. The average Bonchev–Trinajstić information content (AvgIpc) is 2.76. The first kappa shape index (κ1) is 24.3. The highest BCUT2D eigenvalue weighted by atomic mass is 19.1. The maximum absolute atomic E-state index is 13.6. The number of aliphatic hydroxyl groups is 1. The zero-order valence-electron chi connectivity index (χ0n) is 18.7. The van der Waals surface area contributed by atoms with E-state index in [1.54, 1.807) is 0 Å². The van der Waals surface area contributed by atoms with Crippen molar-refractivity contribution in [2.45, 2.75) is 57.2 Å². The molecule has 2 aromatic rings. The SMILES string of the molecule is CCc1cccc(C2(NC[C@H](O)[C@H](Cc3cc(F)cc(F)c3)NC(C)=O)CCOCC2)c1. The average molecular weight is 447 g/mol. The molecule has 1 heterocycles. The van der Waals surface area contributed by atoms with E-state index in [1.165, 1.54) is 24.6 Å². The number of amides is 1. The third-order valence-electron chi connectivity index (χ3n) is 6.11. The van der Waals surface area contributed by atoms with Gasteiger partial charge in [-0.1, -0.05) is 31.2 Å². The van der Waals surface area contributed by atoms with Gasteiger partial charge in [-0.05, 0) is 54.5 Å². The van der Waals surface area contributed by atoms with Crippen LogP contribution < -0.4 is 10.6 Å². The quantitative estimate of drug-likeness (QED) is 0.553. The summed E-state index contributed by atoms with van der Waals surface area (Å²) in [6.45, 7) is 4.89. The summed E-state index contributed by atoms with van der Waals surface area (Å²) in [5, 5.41) is 17.2. The predicted octanol–water partition coefficient (Wildman–Crippen LogP) is 3.23. The second-order valence-corrected chi connectivity index (χ2v) is 8.49. The van der Waals surface area contributed by atoms with Crippen LogP contribution in [0.1, 0.15) is 43.4 Å². The summed E-state index contributed by atoms with van der Waals surface area (Å²) in [7, 11) is 0. The summed E-state index contributed by atoms with van der Waals surface area (Å²) in [5.41, 5.74) is 2.41. The van der Waals surface area contributed by atoms with Gasteiger partial charge in [0.1, 0.15) is 11.6 Å². The second-order valence-electron chi connectivity index (χ2n) is 8.49. The van der Waals surface area contributed by atoms with Crippen molar-refractivity contribution < 1.29 is 23.4 Å². The summed E-state index contributed by atoms with van der Waals surface area (Å²) in [6.07, 6.45) is 1.59. The van der Waals surface area contributed by atoms with E-state index in [2.05, 4.69) is 35.8 Å². The lowest BCUT2D eigenvalue weighted by Gasteiger charge is -2.40. The number of hydrogen-bond donors (Lipinski definition) is 3. The lowest BCUT2D eigenvalue weighted by atomic mass is 9.81. The Labute approximate surface area is 188 Å². The smallest absolute Gasteiger partial charge is 0.217 e. The normalized spacial score (nSPS) is 17.5. The second kappa shape index (κ2) is 11.0. The zero-order valence-corrected chi connectivity index (χ0v) is 18.7. The van der Waals surface area contributed by atoms with Crippen LogP contribution >= 0.6 is 0 Å². The molecular weight excluding hydrogens is 414 g/mol. The van der Waals surface area contributed by atoms with Gasteiger partial charge in [0.15, 0.2) is 0 Å². The highest BCUT2D eigenvalue weighted by Crippen LogP contribution is 2.33. The molecule has 1 aliphatic rings. The Morgan fingerprint density at radius 2 is 1.81 bits per heavy atom. The number of aliphatic hydroxyl groups excluding tert-OH is 1. The van der Waals surface area contributed by atoms with Crippen LogP contribution in [0.15, 0.2) is 42.5 Å². The van der Waals surface area contributed by atoms with E-state index in [1.807, 2.05) is 6.07 Å². The lowest BCUT2D eigenvalue weighted by Crippen LogP contribution is -2.54. The van der Waals surface area contributed by atoms with Crippen LogP contribution in [-0.4, -0.2) is 42.9 Å². The van der Waals surface area contributed by atoms with Gasteiger partial charge in [-0.25, -0.2) is 8.78 Å². The minimum absolute atomic E-state index is 0.110. The molecule has 5 nitrogen and oxygen atoms in total. The number of ether oxygens (including phenoxy) is 1. The van der Waals surface area contributed by atoms with E-state index in [0.29, 0.717) is 18.8 Å². The Morgan fingerprint density at radius 3 is 2.44 bits per heavy atom. The first-order chi connectivity index (χ1) is 15.3. The Morgan fingerprint density at radius 1 is 1.12 bits per heavy atom. The molecule has 0 saturated carbocycles. The third-order valence-corrected chi connectivity index (χ3v) is 6.11. The summed E-state index contributed by atoms with van der Waals surface area (Å²) in [6, 6.07) is 10.9. The van der Waals surface area contributed by atoms with E-state index < -0.39 is 23.8 Å². The van der Waals surface area contributed by atoms with Crippen LogP contribution in [0.5, 0.6) is 0 Å². The van der Waals surface area contributed by atoms with Gasteiger partial charge in [0.2, 0.25) is 5.91 Å². The van der Waals surface area contributed by atoms with Gasteiger partial charge in [-0.2, -0.15) is 0 Å². The fraction of sp³-hybridized carbons (Fsp3) is 0.480. The van der Waals surface area contributed by atoms with Crippen molar-refractivity contribution in [2.75, 3.05) is 19.8 Å². The van der Waals surface area contributed by atoms with Crippen molar-refractivity contribution in [2.24, 2.45) is 0 Å². The van der Waals surface area contributed by atoms with Crippen molar-refractivity contribution in [1.82, 2.24) is 10.6 Å². The predicted molar refractivity (Wildman–Crippen MR) is 119 cm³/mol. The minimum Gasteiger partial charge on any atom is -0.390 e. The number of halogens is 2. The number of carbonyl (C=O) groups is 1. The van der Waals surface area contributed by atoms with Crippen molar-refractivity contribution in [3.8, 4) is 0 Å². The van der Waals surface area contributed by atoms with Gasteiger partial charge in [0, 0.05) is 38.3 Å². The third kappa shape index (κ3) is 6.34. The number of rotatable bonds is 9. The van der Waals surface area contributed by atoms with E-state index in [4.69, 9.17) is 4.74 Å². The van der Waals surface area contributed by atoms with Crippen LogP contribution in [-0.2, 0) is 27.9 Å². The highest BCUT2D eigenvalue weighted by molar-refractivity contribution is 5.73. The van der Waals surface area contributed by atoms with E-state index in [9.17, 15) is 18.7 Å². The van der Waals surface area contributed by atoms with E-state index in [0.717, 1.165) is 30.9 Å². The number of benzene rings is 2. The molecule has 2 atom stereocenters. The number of carbonyl (C=O) groups excluding carboxylic acids is 1. The Balaban J connectivity index is 1.77. The summed E-state index contributed by atoms with van der Waals surface area (Å²) in [4.78, 5) is 11.7. The molecule has 174 valence electrons. The molecule has 3 rings (SSSR count). The molecule has 0 unspecified atom stereocenters. The van der Waals surface area contributed by atoms with Crippen molar-refractivity contribution in [1.29, 1.82) is 0 Å². The monoisotopic (exact) mass is 446 g/mol. The molecule has 0 radical (unpaired) electrons. The first-order valence-electron chi connectivity index (χ1n) is 11.1. The van der Waals surface area contributed by atoms with E-state index in [-0.39, 0.29) is 24.4 Å². The lowest BCUT2D eigenvalue weighted by molar-refractivity contribution is -0.120. The van der Waals surface area contributed by atoms with Crippen molar-refractivity contribution >= 4 is 5.91 Å². The standard InChI is InChI=1S/C25H32F2N2O3/c1-3-18-5-4-6-20(11-18)25(7-9-32-10-8-25)28-16-24(31)23(29-17(2)30)14-19-12-21(26)15-22(27)13-19/h4-6,11-13,15,23-24,28,31H,3,7-10,14,16H2,1-2H3,(H,29,30)/t23-,24-/m0/s1. The largest absolute Gasteiger partial charge is 0.390 e. The van der Waals surface area contributed by atoms with Crippen molar-refractivity contribution in [3.63, 3.8) is 0 Å². The Kier molecular flexibility index (Phi) is 8.34. The molecule has 7 heteroatoms. The van der Waals surface area contributed by atoms with Gasteiger partial charge in [-0.3, -0.25) is 4.79 Å². The summed E-state index contributed by atoms with van der Waals surface area (Å²) in [5.74, 6) is -1.69. The molecular formula is C25H32F2N2O3. The molecule has 1 aliphatic heterocycles. The van der Waals surface area contributed by atoms with Gasteiger partial charge in [0.25, 0.3) is 0 Å². The van der Waals surface area contributed by atoms with Crippen LogP contribution in [0.25, 0.3) is 0 Å². The molecule has 1 amide bonds. The van der Waals surface area contributed by atoms with Gasteiger partial charge >= 0.3 is 0 Å². The zero-order chi connectivity index (χ0) is 23.1. The maximum Gasteiger partial charge on any atom is 0.217 e. The summed E-state index contributed by atoms with van der Waals surface area (Å²) >= 11 is 0. The maximum atomic E-state index is 13.6. The van der Waals surface area contributed by atoms with Gasteiger partial charge in [0.05, 0.1) is 12.1 Å². The van der Waals surface area contributed by atoms with Crippen LogP contribution in [0.4, 0.5) is 8.78 Å². The van der Waals surface area contributed by atoms with Crippen LogP contribution in [0.3, 0.4) is 0 Å². The number of hydrogen-bond acceptors (Lipinski definition) is 4.